The van der Waals surface area contributed by atoms with Crippen LogP contribution in [0.25, 0.3) is 111 Å². The van der Waals surface area contributed by atoms with Crippen molar-refractivity contribution in [1.29, 1.82) is 0 Å². The van der Waals surface area contributed by atoms with Crippen molar-refractivity contribution in [2.24, 2.45) is 0 Å². The lowest BCUT2D eigenvalue weighted by atomic mass is 9.67. The molecule has 22 rings (SSSR count). The summed E-state index contributed by atoms with van der Waals surface area (Å²) in [6.07, 6.45) is 0. The molecule has 0 saturated carbocycles. The van der Waals surface area contributed by atoms with Gasteiger partial charge in [-0.2, -0.15) is 0 Å². The number of para-hydroxylation sites is 4. The summed E-state index contributed by atoms with van der Waals surface area (Å²) in [5.41, 5.74) is 38.0. The van der Waals surface area contributed by atoms with Crippen molar-refractivity contribution < 1.29 is 0 Å². The predicted octanol–water partition coefficient (Wildman–Crippen LogP) is 27.8. The Balaban J connectivity index is 0.689. The van der Waals surface area contributed by atoms with E-state index in [0.717, 1.165) is 39.8 Å². The zero-order valence-corrected chi connectivity index (χ0v) is 62.4. The summed E-state index contributed by atoms with van der Waals surface area (Å²) >= 11 is 0. The Labute approximate surface area is 642 Å². The number of fused-ring (bicyclic) bond motifs is 18. The molecular formula is C106H78N4. The smallest absolute Gasteiger partial charge is 0.0714 e. The molecule has 0 amide bonds. The van der Waals surface area contributed by atoms with E-state index in [-0.39, 0.29) is 16.2 Å². The Kier molecular flexibility index (Phi) is 13.7. The van der Waals surface area contributed by atoms with E-state index in [0.29, 0.717) is 0 Å². The minimum atomic E-state index is -0.593. The van der Waals surface area contributed by atoms with Gasteiger partial charge in [0.25, 0.3) is 0 Å². The van der Waals surface area contributed by atoms with Gasteiger partial charge in [0.1, 0.15) is 0 Å². The molecule has 0 N–H and O–H groups in total. The highest BCUT2D eigenvalue weighted by molar-refractivity contribution is 6.13. The molecule has 4 aliphatic carbocycles. The van der Waals surface area contributed by atoms with E-state index in [9.17, 15) is 0 Å². The monoisotopic (exact) mass is 1410 g/mol. The highest BCUT2D eigenvalue weighted by Crippen LogP contribution is 2.62. The molecule has 18 aromatic rings. The van der Waals surface area contributed by atoms with Gasteiger partial charge in [0, 0.05) is 83.0 Å². The van der Waals surface area contributed by atoms with Gasteiger partial charge in [-0.3, -0.25) is 0 Å². The molecule has 0 spiro atoms. The Hall–Kier alpha value is -13.3. The molecule has 2 aromatic heterocycles. The molecule has 0 saturated heterocycles. The van der Waals surface area contributed by atoms with Crippen LogP contribution in [0.2, 0.25) is 0 Å². The minimum absolute atomic E-state index is 0.175. The lowest BCUT2D eigenvalue weighted by Gasteiger charge is -2.35. The second-order valence-electron chi connectivity index (χ2n) is 32.3. The molecule has 0 aliphatic heterocycles. The maximum atomic E-state index is 2.58. The molecule has 4 aliphatic rings. The maximum absolute atomic E-state index is 2.58. The molecular weight excluding hydrogens is 1330 g/mol. The van der Waals surface area contributed by atoms with Crippen LogP contribution in [-0.2, 0) is 21.7 Å². The molecule has 0 unspecified atom stereocenters. The van der Waals surface area contributed by atoms with Gasteiger partial charge in [0.05, 0.1) is 38.9 Å². The van der Waals surface area contributed by atoms with Crippen LogP contribution in [0.15, 0.2) is 364 Å². The third-order valence-corrected chi connectivity index (χ3v) is 25.6. The number of rotatable bonds is 11. The molecule has 2 heterocycles. The summed E-state index contributed by atoms with van der Waals surface area (Å²) in [5.74, 6) is 0. The van der Waals surface area contributed by atoms with Crippen LogP contribution in [0.3, 0.4) is 0 Å². The van der Waals surface area contributed by atoms with E-state index in [1.807, 2.05) is 0 Å². The third-order valence-electron chi connectivity index (χ3n) is 25.6. The Morgan fingerprint density at radius 1 is 0.218 bits per heavy atom. The van der Waals surface area contributed by atoms with Gasteiger partial charge in [0.15, 0.2) is 0 Å². The van der Waals surface area contributed by atoms with Crippen LogP contribution < -0.4 is 9.80 Å². The molecule has 0 atom stereocenters. The fourth-order valence-corrected chi connectivity index (χ4v) is 20.5. The van der Waals surface area contributed by atoms with Gasteiger partial charge in [-0.1, -0.05) is 284 Å². The van der Waals surface area contributed by atoms with Gasteiger partial charge < -0.3 is 18.9 Å². The maximum Gasteiger partial charge on any atom is 0.0714 e. The van der Waals surface area contributed by atoms with E-state index in [1.165, 1.54) is 161 Å². The first-order chi connectivity index (χ1) is 53.8. The lowest BCUT2D eigenvalue weighted by molar-refractivity contribution is 0.660. The molecule has 4 heteroatoms. The third kappa shape index (κ3) is 8.96. The molecule has 522 valence electrons. The SMILES string of the molecule is CC1(C)c2ccc(-c3ccc4c(c3)C(C)(C)c3cccc(N(c5ccc6c(c5)C(c5ccccc5)(c5ccccc5)c5ccccc5-6)c5ccc6c(c5)c5ccccc5n6-c5ccccc5)c3-4)cc2-c2ccc(N(c3ccc4c(c3)c3ccccc3n4-c3ccccc3)c3cccc4c3-c3ccccc3C4(C)C)cc21. The fourth-order valence-electron chi connectivity index (χ4n) is 20.5. The Bertz CT molecular complexity index is 6830. The van der Waals surface area contributed by atoms with Gasteiger partial charge in [-0.05, 0) is 221 Å². The molecule has 0 radical (unpaired) electrons. The van der Waals surface area contributed by atoms with Gasteiger partial charge in [-0.15, -0.1) is 0 Å². The van der Waals surface area contributed by atoms with E-state index in [1.54, 1.807) is 0 Å². The zero-order chi connectivity index (χ0) is 73.5. The summed E-state index contributed by atoms with van der Waals surface area (Å²) in [6, 6.07) is 138. The second kappa shape index (κ2) is 23.6. The zero-order valence-electron chi connectivity index (χ0n) is 62.4. The summed E-state index contributed by atoms with van der Waals surface area (Å²) in [7, 11) is 0. The number of nitrogens with zero attached hydrogens (tertiary/aromatic N) is 4. The molecule has 4 nitrogen and oxygen atoms in total. The van der Waals surface area contributed by atoms with Crippen molar-refractivity contribution in [3.05, 3.63) is 420 Å². The van der Waals surface area contributed by atoms with Gasteiger partial charge >= 0.3 is 0 Å². The molecule has 110 heavy (non-hydrogen) atoms. The van der Waals surface area contributed by atoms with Crippen LogP contribution in [0.5, 0.6) is 0 Å². The van der Waals surface area contributed by atoms with Crippen molar-refractivity contribution in [2.45, 2.75) is 63.2 Å². The summed E-state index contributed by atoms with van der Waals surface area (Å²) in [4.78, 5) is 5.14. The minimum Gasteiger partial charge on any atom is -0.310 e. The summed E-state index contributed by atoms with van der Waals surface area (Å²) < 4.78 is 4.84. The second-order valence-corrected chi connectivity index (χ2v) is 32.3. The van der Waals surface area contributed by atoms with Gasteiger partial charge in [0.2, 0.25) is 0 Å². The molecule has 16 aromatic carbocycles. The summed E-state index contributed by atoms with van der Waals surface area (Å²) in [5, 5.41) is 4.87. The number of aromatic nitrogens is 2. The standard InChI is InChI=1S/C106H78N4/c1-103(2)87-41-23-20-40-82(87)101-90(103)43-27-47-99(101)107(73-53-59-97-85(63-73)80-38-21-25-45-95(80)109(97)71-33-15-9-16-34-71)75-52-57-79-84-61-67(50-58-88(84)104(3,4)93(79)65-75)68-49-55-83-92(62-68)105(5,6)91-44-28-48-100(102(83)91)108(74-54-60-98-86(64-74)81-39-22-26-46-96(81)110(98)72-35-17-10-18-36-72)76-51-56-78-77-37-19-24-42-89(77)106(94(78)66-76,69-29-11-7-12-30-69)70-31-13-8-14-32-70/h7-66H,1-6H3. The van der Waals surface area contributed by atoms with Gasteiger partial charge in [-0.25, -0.2) is 0 Å². The predicted molar refractivity (Wildman–Crippen MR) is 460 cm³/mol. The van der Waals surface area contributed by atoms with Crippen LogP contribution >= 0.6 is 0 Å². The first-order valence-corrected chi connectivity index (χ1v) is 38.8. The van der Waals surface area contributed by atoms with Crippen molar-refractivity contribution in [3.8, 4) is 67.0 Å². The van der Waals surface area contributed by atoms with E-state index in [4.69, 9.17) is 0 Å². The highest BCUT2D eigenvalue weighted by Gasteiger charge is 2.48. The average Bonchev–Trinajstić information content (AvgIpc) is 1.53. The Morgan fingerprint density at radius 2 is 0.582 bits per heavy atom. The first kappa shape index (κ1) is 63.9. The number of benzene rings is 16. The first-order valence-electron chi connectivity index (χ1n) is 38.8. The van der Waals surface area contributed by atoms with E-state index in [2.05, 4.69) is 424 Å². The van der Waals surface area contributed by atoms with Crippen molar-refractivity contribution in [3.63, 3.8) is 0 Å². The number of hydrogen-bond acceptors (Lipinski definition) is 2. The van der Waals surface area contributed by atoms with Crippen molar-refractivity contribution in [1.82, 2.24) is 9.13 Å². The molecule has 0 bridgehead atoms. The lowest BCUT2D eigenvalue weighted by Crippen LogP contribution is -2.28. The largest absolute Gasteiger partial charge is 0.310 e. The number of hydrogen-bond donors (Lipinski definition) is 0. The normalized spacial score (nSPS) is 14.6. The quantitative estimate of drug-likeness (QED) is 0.128. The number of anilines is 6. The van der Waals surface area contributed by atoms with E-state index < -0.39 is 5.41 Å². The van der Waals surface area contributed by atoms with Crippen LogP contribution in [0.1, 0.15) is 97.2 Å². The summed E-state index contributed by atoms with van der Waals surface area (Å²) in [6.45, 7) is 14.5. The average molecular weight is 1410 g/mol. The van der Waals surface area contributed by atoms with Crippen molar-refractivity contribution >= 4 is 77.7 Å². The highest BCUT2D eigenvalue weighted by atomic mass is 15.2. The topological polar surface area (TPSA) is 16.3 Å². The van der Waals surface area contributed by atoms with E-state index >= 15 is 0 Å². The fraction of sp³-hybridized carbons (Fsp3) is 0.0943. The van der Waals surface area contributed by atoms with Crippen LogP contribution in [-0.4, -0.2) is 9.13 Å². The molecule has 0 fully saturated rings. The van der Waals surface area contributed by atoms with Crippen LogP contribution in [0.4, 0.5) is 34.1 Å². The Morgan fingerprint density at radius 3 is 1.15 bits per heavy atom. The van der Waals surface area contributed by atoms with Crippen molar-refractivity contribution in [2.75, 3.05) is 9.80 Å². The van der Waals surface area contributed by atoms with Crippen LogP contribution in [0, 0.1) is 0 Å².